The average Bonchev–Trinajstić information content (AvgIpc) is 2.80. The van der Waals surface area contributed by atoms with E-state index in [4.69, 9.17) is 0 Å². The van der Waals surface area contributed by atoms with Crippen LogP contribution >= 0.6 is 0 Å². The standard InChI is InChI=1S/C12H18N2O2S/c1-10-4-6-12(7-5-10)17(15,16)14-9-11-3-2-8-13-11/h4-7,11,13-14H,2-3,8-9H2,1H3. The van der Waals surface area contributed by atoms with Gasteiger partial charge in [-0.2, -0.15) is 0 Å². The summed E-state index contributed by atoms with van der Waals surface area (Å²) in [5, 5.41) is 3.26. The summed E-state index contributed by atoms with van der Waals surface area (Å²) in [4.78, 5) is 0.334. The molecule has 0 spiro atoms. The molecular formula is C12H18N2O2S. The molecule has 4 nitrogen and oxygen atoms in total. The van der Waals surface area contributed by atoms with E-state index in [2.05, 4.69) is 10.0 Å². The van der Waals surface area contributed by atoms with Crippen molar-refractivity contribution < 1.29 is 8.42 Å². The van der Waals surface area contributed by atoms with Gasteiger partial charge in [-0.3, -0.25) is 0 Å². The molecule has 94 valence electrons. The van der Waals surface area contributed by atoms with Crippen LogP contribution in [0.5, 0.6) is 0 Å². The van der Waals surface area contributed by atoms with E-state index in [1.807, 2.05) is 19.1 Å². The zero-order valence-electron chi connectivity index (χ0n) is 9.94. The maximum absolute atomic E-state index is 12.0. The van der Waals surface area contributed by atoms with Crippen molar-refractivity contribution in [2.45, 2.75) is 30.7 Å². The smallest absolute Gasteiger partial charge is 0.240 e. The van der Waals surface area contributed by atoms with Gasteiger partial charge in [0.15, 0.2) is 0 Å². The zero-order valence-corrected chi connectivity index (χ0v) is 10.8. The van der Waals surface area contributed by atoms with Crippen molar-refractivity contribution in [3.63, 3.8) is 0 Å². The minimum absolute atomic E-state index is 0.273. The van der Waals surface area contributed by atoms with Crippen LogP contribution in [0.15, 0.2) is 29.2 Å². The van der Waals surface area contributed by atoms with Gasteiger partial charge in [0.25, 0.3) is 0 Å². The van der Waals surface area contributed by atoms with Crippen LogP contribution < -0.4 is 10.0 Å². The number of aryl methyl sites for hydroxylation is 1. The molecule has 1 aliphatic rings. The fraction of sp³-hybridized carbons (Fsp3) is 0.500. The summed E-state index contributed by atoms with van der Waals surface area (Å²) in [6.07, 6.45) is 2.16. The summed E-state index contributed by atoms with van der Waals surface area (Å²) >= 11 is 0. The molecule has 0 radical (unpaired) electrons. The molecule has 2 N–H and O–H groups in total. The van der Waals surface area contributed by atoms with Gasteiger partial charge in [0.05, 0.1) is 4.90 Å². The van der Waals surface area contributed by atoms with Crippen molar-refractivity contribution in [1.29, 1.82) is 0 Å². The van der Waals surface area contributed by atoms with Gasteiger partial charge in [-0.15, -0.1) is 0 Å². The molecule has 1 aromatic rings. The summed E-state index contributed by atoms with van der Waals surface area (Å²) in [5.74, 6) is 0. The van der Waals surface area contributed by atoms with E-state index in [9.17, 15) is 8.42 Å². The lowest BCUT2D eigenvalue weighted by molar-refractivity contribution is 0.552. The van der Waals surface area contributed by atoms with Gasteiger partial charge in [-0.25, -0.2) is 13.1 Å². The van der Waals surface area contributed by atoms with E-state index in [1.165, 1.54) is 0 Å². The second kappa shape index (κ2) is 5.16. The highest BCUT2D eigenvalue weighted by atomic mass is 32.2. The molecule has 17 heavy (non-hydrogen) atoms. The molecule has 0 amide bonds. The molecule has 1 atom stereocenters. The normalized spacial score (nSPS) is 20.6. The van der Waals surface area contributed by atoms with Crippen molar-refractivity contribution in [2.24, 2.45) is 0 Å². The zero-order chi connectivity index (χ0) is 12.3. The van der Waals surface area contributed by atoms with Crippen molar-refractivity contribution in [3.05, 3.63) is 29.8 Å². The molecule has 1 unspecified atom stereocenters. The molecular weight excluding hydrogens is 236 g/mol. The van der Waals surface area contributed by atoms with Gasteiger partial charge in [0.2, 0.25) is 10.0 Å². The molecule has 2 rings (SSSR count). The van der Waals surface area contributed by atoms with Crippen LogP contribution in [0.2, 0.25) is 0 Å². The second-order valence-electron chi connectivity index (χ2n) is 4.46. The Morgan fingerprint density at radius 1 is 1.35 bits per heavy atom. The number of hydrogen-bond acceptors (Lipinski definition) is 3. The van der Waals surface area contributed by atoms with E-state index >= 15 is 0 Å². The first-order chi connectivity index (χ1) is 8.08. The van der Waals surface area contributed by atoms with Crippen molar-refractivity contribution in [1.82, 2.24) is 10.0 Å². The molecule has 0 bridgehead atoms. The van der Waals surface area contributed by atoms with Gasteiger partial charge in [0, 0.05) is 12.6 Å². The number of nitrogens with one attached hydrogen (secondary N) is 2. The Hall–Kier alpha value is -0.910. The Kier molecular flexibility index (Phi) is 3.81. The highest BCUT2D eigenvalue weighted by Crippen LogP contribution is 2.10. The average molecular weight is 254 g/mol. The molecule has 1 saturated heterocycles. The maximum Gasteiger partial charge on any atom is 0.240 e. The Bertz CT molecular complexity index is 462. The third kappa shape index (κ3) is 3.28. The molecule has 1 heterocycles. The van der Waals surface area contributed by atoms with Crippen LogP contribution in [0.4, 0.5) is 0 Å². The van der Waals surface area contributed by atoms with Gasteiger partial charge in [-0.05, 0) is 38.4 Å². The third-order valence-corrected chi connectivity index (χ3v) is 4.45. The van der Waals surface area contributed by atoms with Gasteiger partial charge >= 0.3 is 0 Å². The van der Waals surface area contributed by atoms with E-state index in [0.717, 1.165) is 24.9 Å². The largest absolute Gasteiger partial charge is 0.313 e. The van der Waals surface area contributed by atoms with E-state index < -0.39 is 10.0 Å². The third-order valence-electron chi connectivity index (χ3n) is 3.01. The summed E-state index contributed by atoms with van der Waals surface area (Å²) < 4.78 is 26.6. The summed E-state index contributed by atoms with van der Waals surface area (Å²) in [6.45, 7) is 3.39. The van der Waals surface area contributed by atoms with Crippen molar-refractivity contribution in [2.75, 3.05) is 13.1 Å². The predicted molar refractivity (Wildman–Crippen MR) is 67.4 cm³/mol. The minimum atomic E-state index is -3.35. The maximum atomic E-state index is 12.0. The van der Waals surface area contributed by atoms with Gasteiger partial charge in [0.1, 0.15) is 0 Å². The van der Waals surface area contributed by atoms with Crippen LogP contribution in [-0.4, -0.2) is 27.5 Å². The highest BCUT2D eigenvalue weighted by Gasteiger charge is 2.18. The number of rotatable bonds is 4. The molecule has 1 aliphatic heterocycles. The molecule has 1 fully saturated rings. The monoisotopic (exact) mass is 254 g/mol. The van der Waals surface area contributed by atoms with Crippen LogP contribution in [0, 0.1) is 6.92 Å². The van der Waals surface area contributed by atoms with Crippen LogP contribution in [0.25, 0.3) is 0 Å². The van der Waals surface area contributed by atoms with Crippen molar-refractivity contribution >= 4 is 10.0 Å². The summed E-state index contributed by atoms with van der Waals surface area (Å²) in [5.41, 5.74) is 1.06. The molecule has 5 heteroatoms. The predicted octanol–water partition coefficient (Wildman–Crippen LogP) is 1.03. The highest BCUT2D eigenvalue weighted by molar-refractivity contribution is 7.89. The van der Waals surface area contributed by atoms with E-state index in [0.29, 0.717) is 11.4 Å². The van der Waals surface area contributed by atoms with Crippen LogP contribution in [0.3, 0.4) is 0 Å². The first-order valence-electron chi connectivity index (χ1n) is 5.88. The first kappa shape index (κ1) is 12.5. The molecule has 0 saturated carbocycles. The second-order valence-corrected chi connectivity index (χ2v) is 6.23. The van der Waals surface area contributed by atoms with E-state index in [-0.39, 0.29) is 6.04 Å². The quantitative estimate of drug-likeness (QED) is 0.843. The topological polar surface area (TPSA) is 58.2 Å². The number of benzene rings is 1. The summed E-state index contributed by atoms with van der Waals surface area (Å²) in [6, 6.07) is 7.17. The van der Waals surface area contributed by atoms with Crippen molar-refractivity contribution in [3.8, 4) is 0 Å². The Morgan fingerprint density at radius 2 is 2.06 bits per heavy atom. The first-order valence-corrected chi connectivity index (χ1v) is 7.36. The molecule has 1 aromatic carbocycles. The fourth-order valence-electron chi connectivity index (χ4n) is 1.94. The lowest BCUT2D eigenvalue weighted by Gasteiger charge is -2.12. The Morgan fingerprint density at radius 3 is 2.65 bits per heavy atom. The Balaban J connectivity index is 2.00. The summed E-state index contributed by atoms with van der Waals surface area (Å²) in [7, 11) is -3.35. The fourth-order valence-corrected chi connectivity index (χ4v) is 3.02. The van der Waals surface area contributed by atoms with Gasteiger partial charge in [-0.1, -0.05) is 17.7 Å². The van der Waals surface area contributed by atoms with Gasteiger partial charge < -0.3 is 5.32 Å². The van der Waals surface area contributed by atoms with E-state index in [1.54, 1.807) is 12.1 Å². The lowest BCUT2D eigenvalue weighted by Crippen LogP contribution is -2.37. The van der Waals surface area contributed by atoms with Crippen LogP contribution in [0.1, 0.15) is 18.4 Å². The number of sulfonamides is 1. The number of hydrogen-bond donors (Lipinski definition) is 2. The molecule has 0 aromatic heterocycles. The van der Waals surface area contributed by atoms with Crippen LogP contribution in [-0.2, 0) is 10.0 Å². The Labute approximate surface area is 102 Å². The lowest BCUT2D eigenvalue weighted by atomic mass is 10.2. The minimum Gasteiger partial charge on any atom is -0.313 e. The SMILES string of the molecule is Cc1ccc(S(=O)(=O)NCC2CCCN2)cc1. The molecule has 0 aliphatic carbocycles.